The number of benzene rings is 1. The predicted octanol–water partition coefficient (Wildman–Crippen LogP) is 5.42. The first kappa shape index (κ1) is 26.2. The maximum atomic E-state index is 14.0. The lowest BCUT2D eigenvalue weighted by Crippen LogP contribution is -2.40. The van der Waals surface area contributed by atoms with Gasteiger partial charge in [0.1, 0.15) is 34.8 Å². The van der Waals surface area contributed by atoms with Crippen molar-refractivity contribution in [2.24, 2.45) is 4.99 Å². The van der Waals surface area contributed by atoms with Crippen LogP contribution in [-0.2, 0) is 6.61 Å². The molecule has 7 nitrogen and oxygen atoms in total. The lowest BCUT2D eigenvalue weighted by atomic mass is 9.72. The number of allylic oxidation sites excluding steroid dienone is 1. The van der Waals surface area contributed by atoms with Gasteiger partial charge in [0.05, 0.1) is 23.0 Å². The van der Waals surface area contributed by atoms with Crippen molar-refractivity contribution in [1.29, 1.82) is 0 Å². The molecule has 0 bridgehead atoms. The van der Waals surface area contributed by atoms with Gasteiger partial charge in [-0.2, -0.15) is 0 Å². The van der Waals surface area contributed by atoms with E-state index < -0.39 is 22.8 Å². The van der Waals surface area contributed by atoms with Crippen LogP contribution in [0, 0.1) is 18.6 Å². The smallest absolute Gasteiger partial charge is 0.273 e. The maximum absolute atomic E-state index is 14.0. The van der Waals surface area contributed by atoms with E-state index >= 15 is 0 Å². The van der Waals surface area contributed by atoms with Gasteiger partial charge in [-0.3, -0.25) is 9.79 Å². The van der Waals surface area contributed by atoms with Crippen molar-refractivity contribution in [2.75, 3.05) is 0 Å². The average molecular weight is 541 g/mol. The van der Waals surface area contributed by atoms with Crippen molar-refractivity contribution in [2.45, 2.75) is 64.2 Å². The summed E-state index contributed by atoms with van der Waals surface area (Å²) in [6, 6.07) is 6.28. The Labute approximate surface area is 223 Å². The minimum atomic E-state index is -0.739. The Morgan fingerprint density at radius 3 is 2.68 bits per heavy atom. The summed E-state index contributed by atoms with van der Waals surface area (Å²) in [6.45, 7) is 5.26. The van der Waals surface area contributed by atoms with Gasteiger partial charge in [-0.1, -0.05) is 11.6 Å². The largest absolute Gasteiger partial charge is 0.487 e. The molecule has 1 saturated carbocycles. The highest BCUT2D eigenvalue weighted by Gasteiger charge is 2.41. The summed E-state index contributed by atoms with van der Waals surface area (Å²) in [5.74, 6) is -0.526. The normalized spacial score (nSPS) is 22.9. The fourth-order valence-electron chi connectivity index (χ4n) is 5.02. The van der Waals surface area contributed by atoms with Crippen LogP contribution in [0.5, 0.6) is 5.75 Å². The second-order valence-corrected chi connectivity index (χ2v) is 10.6. The van der Waals surface area contributed by atoms with Crippen LogP contribution in [0.25, 0.3) is 0 Å². The molecule has 0 radical (unpaired) electrons. The van der Waals surface area contributed by atoms with E-state index in [1.807, 2.05) is 6.92 Å². The Morgan fingerprint density at radius 2 is 1.97 bits per heavy atom. The third-order valence-electron chi connectivity index (χ3n) is 7.10. The highest BCUT2D eigenvalue weighted by molar-refractivity contribution is 6.31. The standard InChI is InChI=1S/C28H27ClF2N4O3/c1-15-13-33-22(21-6-7-32-26(34-21)18-11-28(3,37)12-18)10-23(15)35-16(2)8-24(25(29)27(35)36)38-14-17-4-5-19(30)9-20(17)31/h4-9,13,18,23,37H,10-12,14H2,1-3H3. The van der Waals surface area contributed by atoms with Gasteiger partial charge in [0, 0.05) is 48.1 Å². The van der Waals surface area contributed by atoms with Gasteiger partial charge in [-0.05, 0) is 57.4 Å². The molecule has 1 N–H and O–H groups in total. The van der Waals surface area contributed by atoms with Crippen LogP contribution in [0.2, 0.25) is 5.02 Å². The van der Waals surface area contributed by atoms with E-state index in [0.717, 1.165) is 17.7 Å². The van der Waals surface area contributed by atoms with Crippen LogP contribution in [0.4, 0.5) is 8.78 Å². The molecule has 38 heavy (non-hydrogen) atoms. The van der Waals surface area contributed by atoms with Crippen molar-refractivity contribution in [3.63, 3.8) is 0 Å². The minimum Gasteiger partial charge on any atom is -0.487 e. The number of aromatic nitrogens is 3. The molecule has 1 aromatic carbocycles. The highest BCUT2D eigenvalue weighted by Crippen LogP contribution is 2.43. The number of rotatable bonds is 6. The van der Waals surface area contributed by atoms with Gasteiger partial charge >= 0.3 is 0 Å². The maximum Gasteiger partial charge on any atom is 0.273 e. The molecule has 5 rings (SSSR count). The van der Waals surface area contributed by atoms with Gasteiger partial charge in [-0.15, -0.1) is 0 Å². The number of halogens is 3. The lowest BCUT2D eigenvalue weighted by molar-refractivity contribution is -0.0334. The van der Waals surface area contributed by atoms with E-state index in [1.165, 1.54) is 6.07 Å². The molecule has 2 aliphatic rings. The van der Waals surface area contributed by atoms with Crippen LogP contribution in [-0.4, -0.2) is 31.0 Å². The summed E-state index contributed by atoms with van der Waals surface area (Å²) in [6.07, 6.45) is 5.05. The van der Waals surface area contributed by atoms with Crippen molar-refractivity contribution in [1.82, 2.24) is 14.5 Å². The first-order valence-electron chi connectivity index (χ1n) is 12.3. The van der Waals surface area contributed by atoms with Crippen LogP contribution in [0.1, 0.15) is 67.8 Å². The highest BCUT2D eigenvalue weighted by atomic mass is 35.5. The summed E-state index contributed by atoms with van der Waals surface area (Å²) in [7, 11) is 0. The first-order valence-corrected chi connectivity index (χ1v) is 12.7. The third-order valence-corrected chi connectivity index (χ3v) is 7.44. The van der Waals surface area contributed by atoms with Gasteiger partial charge in [0.2, 0.25) is 0 Å². The molecule has 1 unspecified atom stereocenters. The fourth-order valence-corrected chi connectivity index (χ4v) is 5.22. The molecule has 2 aromatic heterocycles. The van der Waals surface area contributed by atoms with E-state index in [4.69, 9.17) is 21.3 Å². The summed E-state index contributed by atoms with van der Waals surface area (Å²) in [5.41, 5.74) is 1.89. The number of pyridine rings is 1. The number of hydrogen-bond acceptors (Lipinski definition) is 6. The zero-order valence-corrected chi connectivity index (χ0v) is 22.0. The molecule has 1 atom stereocenters. The first-order chi connectivity index (χ1) is 18.0. The van der Waals surface area contributed by atoms with Crippen molar-refractivity contribution < 1.29 is 18.6 Å². The molecule has 1 aliphatic heterocycles. The molecule has 0 spiro atoms. The molecule has 198 valence electrons. The number of aryl methyl sites for hydroxylation is 1. The van der Waals surface area contributed by atoms with E-state index in [-0.39, 0.29) is 34.9 Å². The van der Waals surface area contributed by atoms with Crippen LogP contribution >= 0.6 is 11.6 Å². The number of ether oxygens (including phenoxy) is 1. The zero-order valence-electron chi connectivity index (χ0n) is 21.2. The monoisotopic (exact) mass is 540 g/mol. The molecule has 3 heterocycles. The van der Waals surface area contributed by atoms with Crippen molar-refractivity contribution >= 4 is 17.3 Å². The zero-order chi connectivity index (χ0) is 27.2. The van der Waals surface area contributed by atoms with E-state index in [1.54, 1.807) is 42.9 Å². The molecular weight excluding hydrogens is 514 g/mol. The van der Waals surface area contributed by atoms with Crippen molar-refractivity contribution in [3.05, 3.63) is 98.1 Å². The number of aliphatic imine (C=N–C) groups is 1. The molecule has 3 aromatic rings. The van der Waals surface area contributed by atoms with E-state index in [9.17, 15) is 18.7 Å². The second kappa shape index (κ2) is 10.0. The molecular formula is C28H27ClF2N4O3. The van der Waals surface area contributed by atoms with Crippen LogP contribution in [0.3, 0.4) is 0 Å². The van der Waals surface area contributed by atoms with E-state index in [2.05, 4.69) is 9.98 Å². The number of aliphatic hydroxyl groups is 1. The van der Waals surface area contributed by atoms with Crippen molar-refractivity contribution in [3.8, 4) is 5.75 Å². The summed E-state index contributed by atoms with van der Waals surface area (Å²) < 4.78 is 34.5. The molecule has 10 heteroatoms. The quantitative estimate of drug-likeness (QED) is 0.451. The number of nitrogens with zero attached hydrogens (tertiary/aromatic N) is 4. The predicted molar refractivity (Wildman–Crippen MR) is 140 cm³/mol. The van der Waals surface area contributed by atoms with Gasteiger partial charge in [0.15, 0.2) is 0 Å². The lowest BCUT2D eigenvalue weighted by Gasteiger charge is -2.39. The van der Waals surface area contributed by atoms with Gasteiger partial charge in [-0.25, -0.2) is 18.7 Å². The Bertz CT molecular complexity index is 1520. The molecule has 0 saturated heterocycles. The average Bonchev–Trinajstić information content (AvgIpc) is 2.86. The Morgan fingerprint density at radius 1 is 1.21 bits per heavy atom. The summed E-state index contributed by atoms with van der Waals surface area (Å²) in [5, 5.41) is 9.96. The summed E-state index contributed by atoms with van der Waals surface area (Å²) >= 11 is 6.42. The Hall–Kier alpha value is -3.43. The summed E-state index contributed by atoms with van der Waals surface area (Å²) in [4.78, 5) is 27.1. The topological polar surface area (TPSA) is 89.6 Å². The Kier molecular flexibility index (Phi) is 6.92. The Balaban J connectivity index is 1.38. The van der Waals surface area contributed by atoms with E-state index in [0.29, 0.717) is 42.2 Å². The van der Waals surface area contributed by atoms with Crippen LogP contribution in [0.15, 0.2) is 58.1 Å². The van der Waals surface area contributed by atoms with Gasteiger partial charge < -0.3 is 14.4 Å². The second-order valence-electron chi connectivity index (χ2n) is 10.2. The molecule has 1 aliphatic carbocycles. The fraction of sp³-hybridized carbons (Fsp3) is 0.357. The third kappa shape index (κ3) is 5.13. The molecule has 1 fully saturated rings. The SMILES string of the molecule is CC1=CN=C(c2ccnc(C3CC(C)(O)C3)n2)CC1n1c(C)cc(OCc2ccc(F)cc2F)c(Cl)c1=O. The molecule has 0 amide bonds. The number of hydrogen-bond donors (Lipinski definition) is 1. The minimum absolute atomic E-state index is 0.0989. The van der Waals surface area contributed by atoms with Crippen LogP contribution < -0.4 is 10.3 Å². The van der Waals surface area contributed by atoms with Gasteiger partial charge in [0.25, 0.3) is 5.56 Å².